The Morgan fingerprint density at radius 1 is 1.16 bits per heavy atom. The molecule has 0 bridgehead atoms. The van der Waals surface area contributed by atoms with Crippen LogP contribution in [0, 0.1) is 13.8 Å². The number of rotatable bonds is 4. The van der Waals surface area contributed by atoms with E-state index in [-0.39, 0.29) is 18.4 Å². The highest BCUT2D eigenvalue weighted by Gasteiger charge is 2.31. The van der Waals surface area contributed by atoms with E-state index in [1.807, 2.05) is 67.3 Å². The minimum absolute atomic E-state index is 0.0493. The zero-order valence-electron chi connectivity index (χ0n) is 14.6. The Bertz CT molecular complexity index is 774. The fourth-order valence-electron chi connectivity index (χ4n) is 3.11. The molecule has 2 N–H and O–H groups in total. The molecule has 1 fully saturated rings. The van der Waals surface area contributed by atoms with Crippen molar-refractivity contribution in [1.82, 2.24) is 10.2 Å². The normalized spacial score (nSPS) is 16.2. The molecule has 5 heteroatoms. The van der Waals surface area contributed by atoms with Crippen LogP contribution < -0.4 is 10.6 Å². The van der Waals surface area contributed by atoms with Gasteiger partial charge in [-0.05, 0) is 36.6 Å². The lowest BCUT2D eigenvalue weighted by Crippen LogP contribution is -2.51. The quantitative estimate of drug-likeness (QED) is 0.901. The number of amides is 2. The maximum atomic E-state index is 13.1. The van der Waals surface area contributed by atoms with E-state index in [9.17, 15) is 9.59 Å². The summed E-state index contributed by atoms with van der Waals surface area (Å²) >= 11 is 0. The number of hydrogen-bond acceptors (Lipinski definition) is 3. The van der Waals surface area contributed by atoms with Crippen LogP contribution in [-0.2, 0) is 9.59 Å². The molecule has 3 rings (SSSR count). The zero-order valence-corrected chi connectivity index (χ0v) is 14.6. The molecule has 5 nitrogen and oxygen atoms in total. The van der Waals surface area contributed by atoms with Crippen LogP contribution in [0.15, 0.2) is 48.5 Å². The second-order valence-corrected chi connectivity index (χ2v) is 6.44. The maximum Gasteiger partial charge on any atom is 0.246 e. The molecule has 1 aliphatic rings. The van der Waals surface area contributed by atoms with Gasteiger partial charge >= 0.3 is 0 Å². The summed E-state index contributed by atoms with van der Waals surface area (Å²) in [6.07, 6.45) is 0. The Morgan fingerprint density at radius 2 is 1.92 bits per heavy atom. The number of nitrogens with zero attached hydrogens (tertiary/aromatic N) is 1. The summed E-state index contributed by atoms with van der Waals surface area (Å²) < 4.78 is 0. The second-order valence-electron chi connectivity index (χ2n) is 6.44. The van der Waals surface area contributed by atoms with Crippen molar-refractivity contribution in [2.45, 2.75) is 19.9 Å². The van der Waals surface area contributed by atoms with Gasteiger partial charge in [-0.25, -0.2) is 0 Å². The first-order chi connectivity index (χ1) is 12.0. The Morgan fingerprint density at radius 3 is 2.64 bits per heavy atom. The van der Waals surface area contributed by atoms with Crippen molar-refractivity contribution in [1.29, 1.82) is 0 Å². The molecular weight excluding hydrogens is 314 g/mol. The van der Waals surface area contributed by atoms with Crippen molar-refractivity contribution in [2.75, 3.05) is 25.0 Å². The summed E-state index contributed by atoms with van der Waals surface area (Å²) in [5, 5.41) is 5.86. The number of benzene rings is 2. The topological polar surface area (TPSA) is 61.4 Å². The molecule has 2 aromatic carbocycles. The van der Waals surface area contributed by atoms with E-state index in [2.05, 4.69) is 10.6 Å². The van der Waals surface area contributed by atoms with E-state index in [4.69, 9.17) is 0 Å². The lowest BCUT2D eigenvalue weighted by molar-refractivity contribution is -0.128. The van der Waals surface area contributed by atoms with E-state index in [0.29, 0.717) is 13.1 Å². The molecule has 0 spiro atoms. The van der Waals surface area contributed by atoms with Crippen molar-refractivity contribution in [3.63, 3.8) is 0 Å². The zero-order chi connectivity index (χ0) is 17.8. The van der Waals surface area contributed by atoms with Crippen LogP contribution >= 0.6 is 0 Å². The number of carbonyl (C=O) groups excluding carboxylic acids is 2. The van der Waals surface area contributed by atoms with Crippen LogP contribution in [0.1, 0.15) is 22.7 Å². The third-order valence-electron chi connectivity index (χ3n) is 4.45. The van der Waals surface area contributed by atoms with Crippen LogP contribution in [0.4, 0.5) is 5.69 Å². The van der Waals surface area contributed by atoms with E-state index >= 15 is 0 Å². The predicted octanol–water partition coefficient (Wildman–Crippen LogP) is 2.42. The molecule has 0 aliphatic carbocycles. The molecule has 1 saturated heterocycles. The van der Waals surface area contributed by atoms with Crippen molar-refractivity contribution in [2.24, 2.45) is 0 Å². The Labute approximate surface area is 148 Å². The molecule has 25 heavy (non-hydrogen) atoms. The monoisotopic (exact) mass is 337 g/mol. The minimum Gasteiger partial charge on any atom is -0.354 e. The van der Waals surface area contributed by atoms with Crippen LogP contribution in [0.3, 0.4) is 0 Å². The van der Waals surface area contributed by atoms with Gasteiger partial charge in [0.1, 0.15) is 6.04 Å². The van der Waals surface area contributed by atoms with Crippen LogP contribution in [0.2, 0.25) is 0 Å². The van der Waals surface area contributed by atoms with Gasteiger partial charge in [0.25, 0.3) is 0 Å². The summed E-state index contributed by atoms with van der Waals surface area (Å²) in [6, 6.07) is 15.1. The highest BCUT2D eigenvalue weighted by Crippen LogP contribution is 2.25. The van der Waals surface area contributed by atoms with Crippen molar-refractivity contribution < 1.29 is 9.59 Å². The molecule has 1 aliphatic heterocycles. The lowest BCUT2D eigenvalue weighted by atomic mass is 10.0. The van der Waals surface area contributed by atoms with Gasteiger partial charge in [0.2, 0.25) is 11.8 Å². The number of aryl methyl sites for hydroxylation is 2. The second kappa shape index (κ2) is 7.49. The maximum absolute atomic E-state index is 13.1. The van der Waals surface area contributed by atoms with E-state index in [1.54, 1.807) is 0 Å². The third-order valence-corrected chi connectivity index (χ3v) is 4.45. The average molecular weight is 337 g/mol. The number of hydrogen-bond donors (Lipinski definition) is 2. The standard InChI is InChI=1S/C20H23N3O2/c1-14-8-9-15(2)17(12-14)22-20(25)19(16-6-4-3-5-7-16)23-11-10-21-18(24)13-23/h3-9,12,19H,10-11,13H2,1-2H3,(H,21,24)(H,22,25). The molecule has 1 heterocycles. The Kier molecular flexibility index (Phi) is 5.14. The number of anilines is 1. The Hall–Kier alpha value is -2.66. The average Bonchev–Trinajstić information content (AvgIpc) is 2.59. The van der Waals surface area contributed by atoms with Gasteiger partial charge in [0, 0.05) is 18.8 Å². The number of piperazine rings is 1. The van der Waals surface area contributed by atoms with Crippen molar-refractivity contribution >= 4 is 17.5 Å². The molecule has 130 valence electrons. The fourth-order valence-corrected chi connectivity index (χ4v) is 3.11. The predicted molar refractivity (Wildman–Crippen MR) is 98.3 cm³/mol. The highest BCUT2D eigenvalue weighted by atomic mass is 16.2. The lowest BCUT2D eigenvalue weighted by Gasteiger charge is -2.33. The highest BCUT2D eigenvalue weighted by molar-refractivity contribution is 5.96. The summed E-state index contributed by atoms with van der Waals surface area (Å²) in [7, 11) is 0. The van der Waals surface area contributed by atoms with Crippen LogP contribution in [0.5, 0.6) is 0 Å². The molecule has 1 unspecified atom stereocenters. The first-order valence-electron chi connectivity index (χ1n) is 8.48. The van der Waals surface area contributed by atoms with Crippen LogP contribution in [-0.4, -0.2) is 36.3 Å². The fraction of sp³-hybridized carbons (Fsp3) is 0.300. The Balaban J connectivity index is 1.89. The largest absolute Gasteiger partial charge is 0.354 e. The summed E-state index contributed by atoms with van der Waals surface area (Å²) in [5.74, 6) is -0.165. The first kappa shape index (κ1) is 17.2. The number of carbonyl (C=O) groups is 2. The van der Waals surface area contributed by atoms with E-state index in [0.717, 1.165) is 22.4 Å². The molecule has 0 saturated carbocycles. The van der Waals surface area contributed by atoms with Crippen molar-refractivity contribution in [3.05, 3.63) is 65.2 Å². The molecular formula is C20H23N3O2. The van der Waals surface area contributed by atoms with E-state index < -0.39 is 6.04 Å². The van der Waals surface area contributed by atoms with E-state index in [1.165, 1.54) is 0 Å². The van der Waals surface area contributed by atoms with Gasteiger partial charge in [0.05, 0.1) is 6.54 Å². The van der Waals surface area contributed by atoms with Gasteiger partial charge in [-0.15, -0.1) is 0 Å². The summed E-state index contributed by atoms with van der Waals surface area (Å²) in [6.45, 7) is 5.39. The minimum atomic E-state index is -0.493. The first-order valence-corrected chi connectivity index (χ1v) is 8.48. The molecule has 1 atom stereocenters. The summed E-state index contributed by atoms with van der Waals surface area (Å²) in [4.78, 5) is 26.8. The number of nitrogens with one attached hydrogen (secondary N) is 2. The van der Waals surface area contributed by atoms with Crippen LogP contribution in [0.25, 0.3) is 0 Å². The van der Waals surface area contributed by atoms with Gasteiger partial charge in [0.15, 0.2) is 0 Å². The molecule has 0 radical (unpaired) electrons. The molecule has 2 amide bonds. The molecule has 0 aromatic heterocycles. The summed E-state index contributed by atoms with van der Waals surface area (Å²) in [5.41, 5.74) is 3.81. The van der Waals surface area contributed by atoms with Crippen molar-refractivity contribution in [3.8, 4) is 0 Å². The van der Waals surface area contributed by atoms with Gasteiger partial charge < -0.3 is 10.6 Å². The van der Waals surface area contributed by atoms with Gasteiger partial charge in [-0.1, -0.05) is 42.5 Å². The smallest absolute Gasteiger partial charge is 0.246 e. The SMILES string of the molecule is Cc1ccc(C)c(NC(=O)C(c2ccccc2)N2CCNC(=O)C2)c1. The molecule has 2 aromatic rings. The van der Waals surface area contributed by atoms with Gasteiger partial charge in [-0.3, -0.25) is 14.5 Å². The third kappa shape index (κ3) is 4.06. The van der Waals surface area contributed by atoms with Gasteiger partial charge in [-0.2, -0.15) is 0 Å².